The van der Waals surface area contributed by atoms with E-state index in [1.54, 1.807) is 18.2 Å². The Labute approximate surface area is 302 Å². The first kappa shape index (κ1) is 33.3. The van der Waals surface area contributed by atoms with Crippen molar-refractivity contribution in [2.75, 3.05) is 39.3 Å². The van der Waals surface area contributed by atoms with Crippen LogP contribution in [0.5, 0.6) is 0 Å². The molecule has 3 heterocycles. The minimum Gasteiger partial charge on any atom is -0.338 e. The van der Waals surface area contributed by atoms with Gasteiger partial charge in [-0.05, 0) is 97.3 Å². The van der Waals surface area contributed by atoms with Crippen molar-refractivity contribution in [3.05, 3.63) is 139 Å². The first-order valence-electron chi connectivity index (χ1n) is 16.9. The SMILES string of the molecule is O=C(c1ccc(Cl)c(Cl)c1)N1C[C@H](CN2CCC3(CC2)CCN(Cc2ccc(Cc4ccc(Br)cc4)cc2)C3=O)[C@@H](c2ccccc2)C1. The molecule has 0 aromatic heterocycles. The van der Waals surface area contributed by atoms with E-state index in [1.165, 1.54) is 22.3 Å². The van der Waals surface area contributed by atoms with Gasteiger partial charge in [0.1, 0.15) is 0 Å². The van der Waals surface area contributed by atoms with Crippen LogP contribution in [-0.2, 0) is 17.8 Å². The van der Waals surface area contributed by atoms with Gasteiger partial charge in [-0.3, -0.25) is 9.59 Å². The van der Waals surface area contributed by atoms with E-state index in [0.29, 0.717) is 47.1 Å². The van der Waals surface area contributed by atoms with E-state index in [2.05, 4.69) is 98.5 Å². The third-order valence-electron chi connectivity index (χ3n) is 10.7. The smallest absolute Gasteiger partial charge is 0.253 e. The van der Waals surface area contributed by atoms with Crippen molar-refractivity contribution in [3.63, 3.8) is 0 Å². The number of amides is 2. The fraction of sp³-hybridized carbons (Fsp3) is 0.350. The lowest BCUT2D eigenvalue weighted by atomic mass is 9.76. The number of halogens is 3. The number of hydrogen-bond acceptors (Lipinski definition) is 3. The van der Waals surface area contributed by atoms with Gasteiger partial charge in [-0.25, -0.2) is 0 Å². The first-order chi connectivity index (χ1) is 23.3. The molecular weight excluding hydrogens is 705 g/mol. The zero-order valence-corrected chi connectivity index (χ0v) is 30.1. The second-order valence-corrected chi connectivity index (χ2v) is 15.5. The normalized spacial score (nSPS) is 20.9. The van der Waals surface area contributed by atoms with Crippen LogP contribution in [0.4, 0.5) is 0 Å². The van der Waals surface area contributed by atoms with Gasteiger partial charge >= 0.3 is 0 Å². The average molecular weight is 746 g/mol. The minimum atomic E-state index is -0.248. The second kappa shape index (κ2) is 14.4. The summed E-state index contributed by atoms with van der Waals surface area (Å²) in [6.45, 7) is 5.58. The fourth-order valence-corrected chi connectivity index (χ4v) is 8.50. The molecule has 48 heavy (non-hydrogen) atoms. The molecule has 3 fully saturated rings. The molecule has 2 atom stereocenters. The zero-order chi connectivity index (χ0) is 33.3. The lowest BCUT2D eigenvalue weighted by Crippen LogP contribution is -2.46. The third kappa shape index (κ3) is 7.23. The van der Waals surface area contributed by atoms with Gasteiger partial charge in [0.25, 0.3) is 5.91 Å². The van der Waals surface area contributed by atoms with E-state index in [-0.39, 0.29) is 17.2 Å². The highest BCUT2D eigenvalue weighted by atomic mass is 79.9. The highest BCUT2D eigenvalue weighted by Gasteiger charge is 2.48. The number of carbonyl (C=O) groups is 2. The Hall–Kier alpha value is -3.16. The predicted octanol–water partition coefficient (Wildman–Crippen LogP) is 8.72. The number of benzene rings is 4. The van der Waals surface area contributed by atoms with Gasteiger partial charge in [-0.2, -0.15) is 0 Å². The molecule has 0 aliphatic carbocycles. The molecule has 0 unspecified atom stereocenters. The largest absolute Gasteiger partial charge is 0.338 e. The first-order valence-corrected chi connectivity index (χ1v) is 18.4. The molecular formula is C40H40BrCl2N3O2. The van der Waals surface area contributed by atoms with Crippen LogP contribution in [0.15, 0.2) is 102 Å². The van der Waals surface area contributed by atoms with E-state index < -0.39 is 0 Å². The topological polar surface area (TPSA) is 43.9 Å². The molecule has 4 aromatic carbocycles. The number of nitrogens with zero attached hydrogens (tertiary/aromatic N) is 3. The number of likely N-dealkylation sites (tertiary alicyclic amines) is 3. The number of piperidine rings is 1. The van der Waals surface area contributed by atoms with Gasteiger partial charge < -0.3 is 14.7 Å². The quantitative estimate of drug-likeness (QED) is 0.181. The molecule has 0 radical (unpaired) electrons. The summed E-state index contributed by atoms with van der Waals surface area (Å²) in [4.78, 5) is 34.0. The summed E-state index contributed by atoms with van der Waals surface area (Å²) >= 11 is 15.9. The summed E-state index contributed by atoms with van der Waals surface area (Å²) in [5.41, 5.74) is 5.33. The maximum Gasteiger partial charge on any atom is 0.253 e. The summed E-state index contributed by atoms with van der Waals surface area (Å²) in [6, 6.07) is 32.9. The van der Waals surface area contributed by atoms with Gasteiger partial charge in [0.15, 0.2) is 0 Å². The van der Waals surface area contributed by atoms with E-state index >= 15 is 0 Å². The van der Waals surface area contributed by atoms with E-state index in [1.807, 2.05) is 11.0 Å². The maximum absolute atomic E-state index is 13.8. The molecule has 0 bridgehead atoms. The average Bonchev–Trinajstić information content (AvgIpc) is 3.66. The van der Waals surface area contributed by atoms with Crippen molar-refractivity contribution in [1.82, 2.24) is 14.7 Å². The Morgan fingerprint density at radius 2 is 1.42 bits per heavy atom. The molecule has 3 saturated heterocycles. The van der Waals surface area contributed by atoms with Crippen LogP contribution in [0.1, 0.15) is 57.8 Å². The molecule has 1 spiro atoms. The maximum atomic E-state index is 13.8. The van der Waals surface area contributed by atoms with E-state index in [0.717, 1.165) is 56.3 Å². The third-order valence-corrected chi connectivity index (χ3v) is 12.0. The molecule has 7 rings (SSSR count). The Balaban J connectivity index is 0.957. The predicted molar refractivity (Wildman–Crippen MR) is 197 cm³/mol. The van der Waals surface area contributed by atoms with E-state index in [4.69, 9.17) is 23.2 Å². The van der Waals surface area contributed by atoms with Crippen LogP contribution in [0.3, 0.4) is 0 Å². The standard InChI is InChI=1S/C40H40BrCl2N3O2/c41-34-13-10-29(11-14-34)22-28-6-8-30(9-7-28)24-45-21-18-40(39(45)48)16-19-44(20-17-40)25-33-26-46(27-35(33)31-4-2-1-3-5-31)38(47)32-12-15-36(42)37(43)23-32/h1-15,23,33,35H,16-22,24-27H2/t33-,35+/m0/s1. The number of carbonyl (C=O) groups excluding carboxylic acids is 2. The van der Waals surface area contributed by atoms with Crippen LogP contribution in [0.25, 0.3) is 0 Å². The van der Waals surface area contributed by atoms with Gasteiger partial charge in [0.2, 0.25) is 5.91 Å². The molecule has 0 N–H and O–H groups in total. The van der Waals surface area contributed by atoms with Crippen molar-refractivity contribution in [2.24, 2.45) is 11.3 Å². The minimum absolute atomic E-state index is 0.00882. The monoisotopic (exact) mass is 743 g/mol. The molecule has 248 valence electrons. The van der Waals surface area contributed by atoms with Crippen molar-refractivity contribution in [2.45, 2.75) is 38.1 Å². The summed E-state index contributed by atoms with van der Waals surface area (Å²) in [6.07, 6.45) is 3.61. The van der Waals surface area contributed by atoms with Gasteiger partial charge in [0, 0.05) is 48.7 Å². The molecule has 4 aromatic rings. The second-order valence-electron chi connectivity index (χ2n) is 13.8. The van der Waals surface area contributed by atoms with Gasteiger partial charge in [-0.15, -0.1) is 0 Å². The van der Waals surface area contributed by atoms with E-state index in [9.17, 15) is 9.59 Å². The van der Waals surface area contributed by atoms with Crippen LogP contribution in [0.2, 0.25) is 10.0 Å². The number of hydrogen-bond donors (Lipinski definition) is 0. The summed E-state index contributed by atoms with van der Waals surface area (Å²) in [5, 5.41) is 0.842. The summed E-state index contributed by atoms with van der Waals surface area (Å²) in [7, 11) is 0. The molecule has 0 saturated carbocycles. The van der Waals surface area contributed by atoms with Gasteiger partial charge in [0.05, 0.1) is 15.5 Å². The van der Waals surface area contributed by atoms with Crippen molar-refractivity contribution in [1.29, 1.82) is 0 Å². The Morgan fingerprint density at radius 1 is 0.771 bits per heavy atom. The van der Waals surface area contributed by atoms with Crippen molar-refractivity contribution < 1.29 is 9.59 Å². The van der Waals surface area contributed by atoms with Crippen molar-refractivity contribution >= 4 is 50.9 Å². The van der Waals surface area contributed by atoms with Crippen LogP contribution in [0, 0.1) is 11.3 Å². The van der Waals surface area contributed by atoms with Crippen LogP contribution in [-0.4, -0.2) is 65.8 Å². The highest BCUT2D eigenvalue weighted by Crippen LogP contribution is 2.43. The molecule has 3 aliphatic rings. The molecule has 2 amide bonds. The fourth-order valence-electron chi connectivity index (χ4n) is 7.94. The molecule has 5 nitrogen and oxygen atoms in total. The summed E-state index contributed by atoms with van der Waals surface area (Å²) in [5.74, 6) is 0.863. The zero-order valence-electron chi connectivity index (χ0n) is 27.0. The lowest BCUT2D eigenvalue weighted by molar-refractivity contribution is -0.139. The Bertz CT molecular complexity index is 1760. The van der Waals surface area contributed by atoms with Crippen LogP contribution >= 0.6 is 39.1 Å². The summed E-state index contributed by atoms with van der Waals surface area (Å²) < 4.78 is 1.09. The highest BCUT2D eigenvalue weighted by molar-refractivity contribution is 9.10. The molecule has 3 aliphatic heterocycles. The Morgan fingerprint density at radius 3 is 2.10 bits per heavy atom. The number of rotatable bonds is 8. The lowest BCUT2D eigenvalue weighted by Gasteiger charge is -2.39. The van der Waals surface area contributed by atoms with Crippen molar-refractivity contribution in [3.8, 4) is 0 Å². The molecule has 8 heteroatoms. The Kier molecular flexibility index (Phi) is 9.98. The van der Waals surface area contributed by atoms with Gasteiger partial charge in [-0.1, -0.05) is 106 Å². The van der Waals surface area contributed by atoms with Crippen LogP contribution < -0.4 is 0 Å².